The van der Waals surface area contributed by atoms with Crippen molar-refractivity contribution >= 4 is 17.3 Å². The van der Waals surface area contributed by atoms with Gasteiger partial charge < -0.3 is 5.32 Å². The van der Waals surface area contributed by atoms with Crippen LogP contribution in [0.2, 0.25) is 5.02 Å². The third-order valence-electron chi connectivity index (χ3n) is 4.58. The molecule has 21 heavy (non-hydrogen) atoms. The van der Waals surface area contributed by atoms with Gasteiger partial charge in [0.15, 0.2) is 0 Å². The molecule has 0 spiro atoms. The molecule has 5 heteroatoms. The van der Waals surface area contributed by atoms with Gasteiger partial charge in [0.25, 0.3) is 0 Å². The van der Waals surface area contributed by atoms with E-state index in [1.54, 1.807) is 17.3 Å². The third kappa shape index (κ3) is 3.21. The Morgan fingerprint density at radius 3 is 2.81 bits per heavy atom. The maximum absolute atomic E-state index is 6.16. The molecule has 3 unspecified atom stereocenters. The Morgan fingerprint density at radius 2 is 2.10 bits per heavy atom. The van der Waals surface area contributed by atoms with Gasteiger partial charge in [-0.25, -0.2) is 9.67 Å². The second kappa shape index (κ2) is 6.06. The molecule has 2 aromatic rings. The molecule has 0 aliphatic heterocycles. The highest BCUT2D eigenvalue weighted by molar-refractivity contribution is 6.31. The largest absolute Gasteiger partial charge is 0.381 e. The van der Waals surface area contributed by atoms with Gasteiger partial charge in [-0.15, -0.1) is 0 Å². The van der Waals surface area contributed by atoms with E-state index in [2.05, 4.69) is 29.2 Å². The fourth-order valence-corrected chi connectivity index (χ4v) is 3.23. The maximum Gasteiger partial charge on any atom is 0.138 e. The van der Waals surface area contributed by atoms with Crippen LogP contribution in [-0.2, 0) is 0 Å². The Labute approximate surface area is 130 Å². The Morgan fingerprint density at radius 1 is 1.24 bits per heavy atom. The summed E-state index contributed by atoms with van der Waals surface area (Å²) in [5, 5.41) is 8.61. The number of hydrogen-bond donors (Lipinski definition) is 1. The number of aromatic nitrogens is 3. The molecule has 4 nitrogen and oxygen atoms in total. The van der Waals surface area contributed by atoms with E-state index in [-0.39, 0.29) is 0 Å². The number of benzene rings is 1. The van der Waals surface area contributed by atoms with E-state index in [1.807, 2.05) is 18.2 Å². The zero-order valence-corrected chi connectivity index (χ0v) is 13.2. The van der Waals surface area contributed by atoms with Gasteiger partial charge in [0.2, 0.25) is 0 Å². The predicted molar refractivity (Wildman–Crippen MR) is 86.0 cm³/mol. The van der Waals surface area contributed by atoms with Gasteiger partial charge in [0, 0.05) is 11.1 Å². The smallest absolute Gasteiger partial charge is 0.138 e. The van der Waals surface area contributed by atoms with Crippen molar-refractivity contribution in [1.82, 2.24) is 14.8 Å². The first kappa shape index (κ1) is 14.4. The molecular weight excluding hydrogens is 284 g/mol. The Hall–Kier alpha value is -1.55. The van der Waals surface area contributed by atoms with Crippen molar-refractivity contribution in [2.75, 3.05) is 5.32 Å². The predicted octanol–water partition coefficient (Wildman–Crippen LogP) is 4.16. The van der Waals surface area contributed by atoms with Gasteiger partial charge in [-0.2, -0.15) is 5.10 Å². The maximum atomic E-state index is 6.16. The van der Waals surface area contributed by atoms with Crippen molar-refractivity contribution in [3.05, 3.63) is 35.9 Å². The highest BCUT2D eigenvalue weighted by atomic mass is 35.5. The van der Waals surface area contributed by atoms with Crippen LogP contribution in [0.15, 0.2) is 30.9 Å². The molecule has 3 rings (SSSR count). The molecule has 0 radical (unpaired) electrons. The quantitative estimate of drug-likeness (QED) is 0.926. The number of rotatable bonds is 3. The highest BCUT2D eigenvalue weighted by Gasteiger charge is 2.25. The second-order valence-electron chi connectivity index (χ2n) is 6.11. The summed E-state index contributed by atoms with van der Waals surface area (Å²) in [4.78, 5) is 4.02. The zero-order valence-electron chi connectivity index (χ0n) is 12.5. The molecule has 1 heterocycles. The van der Waals surface area contributed by atoms with Crippen LogP contribution >= 0.6 is 11.6 Å². The van der Waals surface area contributed by atoms with Crippen LogP contribution in [0, 0.1) is 11.8 Å². The van der Waals surface area contributed by atoms with Gasteiger partial charge >= 0.3 is 0 Å². The highest BCUT2D eigenvalue weighted by Crippen LogP contribution is 2.33. The topological polar surface area (TPSA) is 42.7 Å². The lowest BCUT2D eigenvalue weighted by atomic mass is 9.79. The fourth-order valence-electron chi connectivity index (χ4n) is 3.05. The first-order valence-electron chi connectivity index (χ1n) is 7.54. The van der Waals surface area contributed by atoms with Crippen LogP contribution in [0.3, 0.4) is 0 Å². The molecular formula is C16H21ClN4. The molecule has 3 atom stereocenters. The summed E-state index contributed by atoms with van der Waals surface area (Å²) < 4.78 is 1.77. The van der Waals surface area contributed by atoms with Crippen molar-refractivity contribution in [2.45, 2.75) is 39.2 Å². The molecule has 1 aromatic heterocycles. The summed E-state index contributed by atoms with van der Waals surface area (Å²) in [6, 6.07) is 6.34. The molecule has 1 aliphatic carbocycles. The van der Waals surface area contributed by atoms with Gasteiger partial charge in [-0.1, -0.05) is 25.4 Å². The minimum atomic E-state index is 0.497. The average molecular weight is 305 g/mol. The lowest BCUT2D eigenvalue weighted by Gasteiger charge is -2.33. The molecule has 0 saturated heterocycles. The molecule has 1 aromatic carbocycles. The number of halogens is 1. The summed E-state index contributed by atoms with van der Waals surface area (Å²) in [7, 11) is 0. The Balaban J connectivity index is 1.83. The fraction of sp³-hybridized carbons (Fsp3) is 0.500. The number of nitrogens with zero attached hydrogens (tertiary/aromatic N) is 3. The van der Waals surface area contributed by atoms with E-state index in [4.69, 9.17) is 11.6 Å². The van der Waals surface area contributed by atoms with Gasteiger partial charge in [-0.05, 0) is 49.3 Å². The van der Waals surface area contributed by atoms with Crippen LogP contribution in [0.4, 0.5) is 5.69 Å². The van der Waals surface area contributed by atoms with Crippen molar-refractivity contribution in [3.8, 4) is 5.69 Å². The van der Waals surface area contributed by atoms with E-state index >= 15 is 0 Å². The van der Waals surface area contributed by atoms with Crippen LogP contribution in [0.25, 0.3) is 5.69 Å². The summed E-state index contributed by atoms with van der Waals surface area (Å²) in [6.45, 7) is 4.69. The van der Waals surface area contributed by atoms with E-state index in [0.29, 0.717) is 6.04 Å². The SMILES string of the molecule is CC1CCC(Nc2cc(Cl)ccc2-n2cncn2)CC1C. The lowest BCUT2D eigenvalue weighted by Crippen LogP contribution is -2.30. The Kier molecular flexibility index (Phi) is 4.15. The normalized spacial score (nSPS) is 25.8. The van der Waals surface area contributed by atoms with Gasteiger partial charge in [0.1, 0.15) is 12.7 Å². The summed E-state index contributed by atoms with van der Waals surface area (Å²) >= 11 is 6.16. The van der Waals surface area contributed by atoms with Crippen LogP contribution in [-0.4, -0.2) is 20.8 Å². The molecule has 112 valence electrons. The van der Waals surface area contributed by atoms with Gasteiger partial charge in [0.05, 0.1) is 11.4 Å². The summed E-state index contributed by atoms with van der Waals surface area (Å²) in [6.07, 6.45) is 6.93. The monoisotopic (exact) mass is 304 g/mol. The summed E-state index contributed by atoms with van der Waals surface area (Å²) in [5.41, 5.74) is 2.02. The minimum Gasteiger partial charge on any atom is -0.381 e. The first-order chi connectivity index (χ1) is 10.1. The van der Waals surface area contributed by atoms with Crippen molar-refractivity contribution in [2.24, 2.45) is 11.8 Å². The molecule has 0 bridgehead atoms. The van der Waals surface area contributed by atoms with Crippen LogP contribution < -0.4 is 5.32 Å². The van der Waals surface area contributed by atoms with E-state index < -0.39 is 0 Å². The van der Waals surface area contributed by atoms with Crippen molar-refractivity contribution in [3.63, 3.8) is 0 Å². The van der Waals surface area contributed by atoms with Crippen LogP contribution in [0.1, 0.15) is 33.1 Å². The second-order valence-corrected chi connectivity index (χ2v) is 6.55. The van der Waals surface area contributed by atoms with Crippen molar-refractivity contribution in [1.29, 1.82) is 0 Å². The van der Waals surface area contributed by atoms with Crippen molar-refractivity contribution < 1.29 is 0 Å². The summed E-state index contributed by atoms with van der Waals surface area (Å²) in [5.74, 6) is 1.57. The molecule has 1 fully saturated rings. The molecule has 1 saturated carbocycles. The third-order valence-corrected chi connectivity index (χ3v) is 4.82. The van der Waals surface area contributed by atoms with E-state index in [9.17, 15) is 0 Å². The van der Waals surface area contributed by atoms with E-state index in [1.165, 1.54) is 19.3 Å². The van der Waals surface area contributed by atoms with Gasteiger partial charge in [-0.3, -0.25) is 0 Å². The average Bonchev–Trinajstić information content (AvgIpc) is 2.97. The Bertz CT molecular complexity index is 596. The molecule has 0 amide bonds. The molecule has 1 N–H and O–H groups in total. The van der Waals surface area contributed by atoms with Crippen LogP contribution in [0.5, 0.6) is 0 Å². The first-order valence-corrected chi connectivity index (χ1v) is 7.92. The minimum absolute atomic E-state index is 0.497. The zero-order chi connectivity index (χ0) is 14.8. The number of anilines is 1. The number of nitrogens with one attached hydrogen (secondary N) is 1. The molecule has 1 aliphatic rings. The lowest BCUT2D eigenvalue weighted by molar-refractivity contribution is 0.261. The standard InChI is InChI=1S/C16H21ClN4/c1-11-3-5-14(7-12(11)2)20-15-8-13(17)4-6-16(15)21-10-18-9-19-21/h4,6,8-12,14,20H,3,5,7H2,1-2H3. The number of hydrogen-bond acceptors (Lipinski definition) is 3. The van der Waals surface area contributed by atoms with E-state index in [0.717, 1.165) is 28.2 Å².